The van der Waals surface area contributed by atoms with Crippen LogP contribution in [0.3, 0.4) is 0 Å². The highest BCUT2D eigenvalue weighted by molar-refractivity contribution is 5.96. The number of carbonyl (C=O) groups excluding carboxylic acids is 1. The zero-order chi connectivity index (χ0) is 14.2. The summed E-state index contributed by atoms with van der Waals surface area (Å²) in [5.74, 6) is -0.574. The fourth-order valence-corrected chi connectivity index (χ4v) is 2.93. The molecule has 2 aliphatic rings. The van der Waals surface area contributed by atoms with E-state index in [2.05, 4.69) is 0 Å². The van der Waals surface area contributed by atoms with Crippen LogP contribution in [0.1, 0.15) is 28.8 Å². The molecule has 2 fully saturated rings. The van der Waals surface area contributed by atoms with Crippen molar-refractivity contribution >= 4 is 11.6 Å². The molecule has 0 saturated carbocycles. The lowest BCUT2D eigenvalue weighted by molar-refractivity contribution is -0.183. The molecule has 0 aliphatic carbocycles. The van der Waals surface area contributed by atoms with E-state index in [1.54, 1.807) is 6.07 Å². The van der Waals surface area contributed by atoms with Gasteiger partial charge in [-0.25, -0.2) is 0 Å². The summed E-state index contributed by atoms with van der Waals surface area (Å²) < 4.78 is 11.4. The van der Waals surface area contributed by atoms with E-state index in [9.17, 15) is 4.79 Å². The highest BCUT2D eigenvalue weighted by Gasteiger charge is 2.42. The molecule has 0 aromatic heterocycles. The van der Waals surface area contributed by atoms with Crippen molar-refractivity contribution in [2.24, 2.45) is 0 Å². The normalized spacial score (nSPS) is 21.4. The molecule has 2 N–H and O–H groups in total. The molecule has 2 saturated heterocycles. The molecule has 1 spiro atoms. The van der Waals surface area contributed by atoms with Gasteiger partial charge in [-0.05, 0) is 31.0 Å². The highest BCUT2D eigenvalue weighted by Crippen LogP contribution is 2.31. The molecule has 0 bridgehead atoms. The summed E-state index contributed by atoms with van der Waals surface area (Å²) in [5, 5.41) is 0. The fourth-order valence-electron chi connectivity index (χ4n) is 2.93. The van der Waals surface area contributed by atoms with Crippen LogP contribution in [-0.2, 0) is 9.47 Å². The SMILES string of the molecule is Cc1ccc(N)cc1C(=O)N1CCCC2(C1)OCCO2. The lowest BCUT2D eigenvalue weighted by atomic mass is 10.0. The molecule has 0 atom stereocenters. The number of piperidine rings is 1. The third-order valence-electron chi connectivity index (χ3n) is 4.01. The van der Waals surface area contributed by atoms with Crippen LogP contribution in [0.2, 0.25) is 0 Å². The number of anilines is 1. The number of nitrogens with two attached hydrogens (primary N) is 1. The van der Waals surface area contributed by atoms with Crippen LogP contribution in [0.25, 0.3) is 0 Å². The molecule has 1 amide bonds. The molecule has 0 unspecified atom stereocenters. The summed E-state index contributed by atoms with van der Waals surface area (Å²) >= 11 is 0. The number of nitrogens with zero attached hydrogens (tertiary/aromatic N) is 1. The zero-order valence-corrected chi connectivity index (χ0v) is 11.7. The predicted molar refractivity (Wildman–Crippen MR) is 75.4 cm³/mol. The summed E-state index contributed by atoms with van der Waals surface area (Å²) in [6.45, 7) is 4.38. The fraction of sp³-hybridized carbons (Fsp3) is 0.533. The van der Waals surface area contributed by atoms with Gasteiger partial charge in [0.25, 0.3) is 5.91 Å². The Balaban J connectivity index is 1.81. The van der Waals surface area contributed by atoms with Crippen molar-refractivity contribution in [2.75, 3.05) is 32.0 Å². The minimum atomic E-state index is -0.581. The topological polar surface area (TPSA) is 64.8 Å². The average molecular weight is 276 g/mol. The van der Waals surface area contributed by atoms with Crippen molar-refractivity contribution in [3.8, 4) is 0 Å². The Labute approximate surface area is 118 Å². The first-order chi connectivity index (χ1) is 9.60. The average Bonchev–Trinajstić information content (AvgIpc) is 2.88. The molecule has 1 aromatic rings. The maximum atomic E-state index is 12.7. The Hall–Kier alpha value is -1.59. The lowest BCUT2D eigenvalue weighted by Gasteiger charge is -2.38. The summed E-state index contributed by atoms with van der Waals surface area (Å²) in [4.78, 5) is 14.5. The van der Waals surface area contributed by atoms with Gasteiger partial charge >= 0.3 is 0 Å². The summed E-state index contributed by atoms with van der Waals surface area (Å²) in [6, 6.07) is 5.44. The van der Waals surface area contributed by atoms with E-state index in [0.29, 0.717) is 31.0 Å². The first-order valence-corrected chi connectivity index (χ1v) is 7.03. The molecule has 3 rings (SSSR count). The number of ether oxygens (including phenoxy) is 2. The minimum absolute atomic E-state index is 0.00738. The Kier molecular flexibility index (Phi) is 3.40. The van der Waals surface area contributed by atoms with Gasteiger partial charge in [0.1, 0.15) is 0 Å². The van der Waals surface area contributed by atoms with Crippen LogP contribution in [-0.4, -0.2) is 42.9 Å². The first-order valence-electron chi connectivity index (χ1n) is 7.03. The quantitative estimate of drug-likeness (QED) is 0.791. The summed E-state index contributed by atoms with van der Waals surface area (Å²) in [6.07, 6.45) is 1.75. The standard InChI is InChI=1S/C15H20N2O3/c1-11-3-4-12(16)9-13(11)14(18)17-6-2-5-15(10-17)19-7-8-20-15/h3-4,9H,2,5-8,10,16H2,1H3. The second-order valence-electron chi connectivity index (χ2n) is 5.51. The van der Waals surface area contributed by atoms with E-state index >= 15 is 0 Å². The van der Waals surface area contributed by atoms with Gasteiger partial charge in [0.05, 0.1) is 19.8 Å². The number of rotatable bonds is 1. The smallest absolute Gasteiger partial charge is 0.254 e. The van der Waals surface area contributed by atoms with Gasteiger partial charge in [-0.3, -0.25) is 4.79 Å². The molecule has 1 aromatic carbocycles. The van der Waals surface area contributed by atoms with Gasteiger partial charge in [0, 0.05) is 24.2 Å². The van der Waals surface area contributed by atoms with Crippen molar-refractivity contribution in [3.05, 3.63) is 29.3 Å². The molecule has 20 heavy (non-hydrogen) atoms. The molecular weight excluding hydrogens is 256 g/mol. The summed E-state index contributed by atoms with van der Waals surface area (Å²) in [5.41, 5.74) is 8.01. The lowest BCUT2D eigenvalue weighted by Crippen LogP contribution is -2.51. The van der Waals surface area contributed by atoms with Gasteiger partial charge in [-0.15, -0.1) is 0 Å². The predicted octanol–water partition coefficient (Wildman–Crippen LogP) is 1.56. The molecule has 5 nitrogen and oxygen atoms in total. The molecular formula is C15H20N2O3. The minimum Gasteiger partial charge on any atom is -0.399 e. The largest absolute Gasteiger partial charge is 0.399 e. The van der Waals surface area contributed by atoms with Crippen molar-refractivity contribution in [3.63, 3.8) is 0 Å². The van der Waals surface area contributed by atoms with Crippen LogP contribution in [0.5, 0.6) is 0 Å². The maximum Gasteiger partial charge on any atom is 0.254 e. The van der Waals surface area contributed by atoms with E-state index in [4.69, 9.17) is 15.2 Å². The Morgan fingerprint density at radius 3 is 2.85 bits per heavy atom. The van der Waals surface area contributed by atoms with E-state index in [-0.39, 0.29) is 5.91 Å². The number of aryl methyl sites for hydroxylation is 1. The number of carbonyl (C=O) groups is 1. The number of amides is 1. The van der Waals surface area contributed by atoms with Gasteiger partial charge in [0.2, 0.25) is 0 Å². The highest BCUT2D eigenvalue weighted by atomic mass is 16.7. The van der Waals surface area contributed by atoms with Crippen molar-refractivity contribution in [2.45, 2.75) is 25.6 Å². The van der Waals surface area contributed by atoms with Crippen LogP contribution in [0.4, 0.5) is 5.69 Å². The third kappa shape index (κ3) is 2.39. The van der Waals surface area contributed by atoms with Gasteiger partial charge < -0.3 is 20.1 Å². The number of hydrogen-bond donors (Lipinski definition) is 1. The third-order valence-corrected chi connectivity index (χ3v) is 4.01. The number of likely N-dealkylation sites (tertiary alicyclic amines) is 1. The number of benzene rings is 1. The first kappa shape index (κ1) is 13.4. The van der Waals surface area contributed by atoms with E-state index < -0.39 is 5.79 Å². The van der Waals surface area contributed by atoms with Crippen LogP contribution < -0.4 is 5.73 Å². The second-order valence-corrected chi connectivity index (χ2v) is 5.51. The van der Waals surface area contributed by atoms with Gasteiger partial charge in [-0.2, -0.15) is 0 Å². The molecule has 0 radical (unpaired) electrons. The Morgan fingerprint density at radius 2 is 2.10 bits per heavy atom. The van der Waals surface area contributed by atoms with Gasteiger partial charge in [0.15, 0.2) is 5.79 Å². The van der Waals surface area contributed by atoms with Crippen molar-refractivity contribution in [1.29, 1.82) is 0 Å². The maximum absolute atomic E-state index is 12.7. The van der Waals surface area contributed by atoms with Crippen LogP contribution in [0.15, 0.2) is 18.2 Å². The molecule has 108 valence electrons. The molecule has 2 aliphatic heterocycles. The Morgan fingerprint density at radius 1 is 1.35 bits per heavy atom. The van der Waals surface area contributed by atoms with Crippen LogP contribution >= 0.6 is 0 Å². The van der Waals surface area contributed by atoms with Gasteiger partial charge in [-0.1, -0.05) is 6.07 Å². The van der Waals surface area contributed by atoms with E-state index in [1.165, 1.54) is 0 Å². The Bertz CT molecular complexity index is 524. The number of nitrogen functional groups attached to an aromatic ring is 1. The molecule has 5 heteroatoms. The second kappa shape index (κ2) is 5.07. The van der Waals surface area contributed by atoms with Crippen molar-refractivity contribution in [1.82, 2.24) is 4.90 Å². The zero-order valence-electron chi connectivity index (χ0n) is 11.7. The molecule has 2 heterocycles. The summed E-state index contributed by atoms with van der Waals surface area (Å²) in [7, 11) is 0. The monoisotopic (exact) mass is 276 g/mol. The van der Waals surface area contributed by atoms with Crippen LogP contribution in [0, 0.1) is 6.92 Å². The van der Waals surface area contributed by atoms with E-state index in [0.717, 1.165) is 24.9 Å². The van der Waals surface area contributed by atoms with Crippen molar-refractivity contribution < 1.29 is 14.3 Å². The van der Waals surface area contributed by atoms with E-state index in [1.807, 2.05) is 24.0 Å². The number of hydrogen-bond acceptors (Lipinski definition) is 4.